The first kappa shape index (κ1) is 18.8. The average molecular weight is 412 g/mol. The van der Waals surface area contributed by atoms with E-state index >= 15 is 0 Å². The minimum absolute atomic E-state index is 0.0397. The van der Waals surface area contributed by atoms with Gasteiger partial charge in [0.1, 0.15) is 15.7 Å². The second-order valence-electron chi connectivity index (χ2n) is 6.16. The molecule has 142 valence electrons. The fourth-order valence-electron chi connectivity index (χ4n) is 2.85. The van der Waals surface area contributed by atoms with E-state index in [1.54, 1.807) is 47.8 Å². The van der Waals surface area contributed by atoms with Crippen LogP contribution in [0.2, 0.25) is 0 Å². The van der Waals surface area contributed by atoms with Gasteiger partial charge in [-0.15, -0.1) is 0 Å². The van der Waals surface area contributed by atoms with E-state index in [-0.39, 0.29) is 11.5 Å². The first-order valence-electron chi connectivity index (χ1n) is 8.75. The summed E-state index contributed by atoms with van der Waals surface area (Å²) in [5.74, 6) is 1.55. The lowest BCUT2D eigenvalue weighted by Gasteiger charge is -2.05. The smallest absolute Gasteiger partial charge is 0.379 e. The Morgan fingerprint density at radius 2 is 1.96 bits per heavy atom. The summed E-state index contributed by atoms with van der Waals surface area (Å²) in [5.41, 5.74) is 2.02. The van der Waals surface area contributed by atoms with Crippen molar-refractivity contribution in [3.8, 4) is 5.75 Å². The third kappa shape index (κ3) is 4.00. The summed E-state index contributed by atoms with van der Waals surface area (Å²) in [5, 5.41) is 0.900. The predicted molar refractivity (Wildman–Crippen MR) is 114 cm³/mol. The second kappa shape index (κ2) is 8.24. The van der Waals surface area contributed by atoms with Gasteiger partial charge in [0, 0.05) is 28.0 Å². The van der Waals surface area contributed by atoms with E-state index in [0.717, 1.165) is 27.6 Å². The number of nitrogens with zero attached hydrogens (tertiary/aromatic N) is 1. The predicted octanol–water partition coefficient (Wildman–Crippen LogP) is 5.19. The number of Topliss-reactive ketones (excluding diaryl/α,β-unsaturated/α-hetero) is 1. The number of furan rings is 1. The highest BCUT2D eigenvalue weighted by Crippen LogP contribution is 2.33. The van der Waals surface area contributed by atoms with Crippen molar-refractivity contribution in [3.63, 3.8) is 0 Å². The van der Waals surface area contributed by atoms with Gasteiger partial charge in [0.05, 0.1) is 6.54 Å². The number of thioether (sulfide) groups is 2. The number of benzene rings is 2. The number of aliphatic imine (C=N–C) groups is 1. The van der Waals surface area contributed by atoms with Crippen LogP contribution in [0, 0.1) is 0 Å². The third-order valence-corrected chi connectivity index (χ3v) is 6.53. The van der Waals surface area contributed by atoms with Crippen LogP contribution in [0.3, 0.4) is 0 Å². The van der Waals surface area contributed by atoms with Crippen molar-refractivity contribution < 1.29 is 18.7 Å². The number of ether oxygens (including phenoxy) is 1. The molecule has 0 radical (unpaired) electrons. The fourth-order valence-corrected chi connectivity index (χ4v) is 4.89. The Labute approximate surface area is 170 Å². The second-order valence-corrected chi connectivity index (χ2v) is 8.47. The van der Waals surface area contributed by atoms with Crippen molar-refractivity contribution in [2.45, 2.75) is 12.7 Å². The molecule has 2 heterocycles. The quantitative estimate of drug-likeness (QED) is 0.327. The highest BCUT2D eigenvalue weighted by molar-refractivity contribution is 8.38. The lowest BCUT2D eigenvalue weighted by atomic mass is 10.1. The molecule has 7 heteroatoms. The van der Waals surface area contributed by atoms with E-state index in [2.05, 4.69) is 4.99 Å². The maximum atomic E-state index is 12.8. The Balaban J connectivity index is 1.60. The first-order valence-corrected chi connectivity index (χ1v) is 10.7. The van der Waals surface area contributed by atoms with E-state index in [0.29, 0.717) is 22.6 Å². The van der Waals surface area contributed by atoms with Crippen molar-refractivity contribution >= 4 is 50.6 Å². The number of carbonyl (C=O) groups is 2. The Bertz CT molecular complexity index is 1070. The van der Waals surface area contributed by atoms with Crippen molar-refractivity contribution in [2.75, 3.05) is 12.3 Å². The van der Waals surface area contributed by atoms with Crippen LogP contribution in [0.4, 0.5) is 0 Å². The zero-order valence-corrected chi connectivity index (χ0v) is 16.8. The SMILES string of the molecule is CC(=O)c1ccc(OC(=O)c2oc3ccccc3c2CSC2=NCCS2)cc1. The summed E-state index contributed by atoms with van der Waals surface area (Å²) in [7, 11) is 0. The van der Waals surface area contributed by atoms with Crippen LogP contribution in [0.5, 0.6) is 5.75 Å². The van der Waals surface area contributed by atoms with Crippen LogP contribution in [0.25, 0.3) is 11.0 Å². The summed E-state index contributed by atoms with van der Waals surface area (Å²) < 4.78 is 12.3. The summed E-state index contributed by atoms with van der Waals surface area (Å²) in [6.07, 6.45) is 0. The van der Waals surface area contributed by atoms with Gasteiger partial charge in [-0.2, -0.15) is 0 Å². The number of hydrogen-bond acceptors (Lipinski definition) is 7. The topological polar surface area (TPSA) is 68.9 Å². The third-order valence-electron chi connectivity index (χ3n) is 4.25. The van der Waals surface area contributed by atoms with E-state index < -0.39 is 5.97 Å². The van der Waals surface area contributed by atoms with Gasteiger partial charge >= 0.3 is 5.97 Å². The van der Waals surface area contributed by atoms with E-state index in [1.165, 1.54) is 6.92 Å². The number of fused-ring (bicyclic) bond motifs is 1. The molecule has 0 fully saturated rings. The lowest BCUT2D eigenvalue weighted by Crippen LogP contribution is -2.10. The maximum Gasteiger partial charge on any atom is 0.379 e. The van der Waals surface area contributed by atoms with Crippen LogP contribution in [0.1, 0.15) is 33.4 Å². The van der Waals surface area contributed by atoms with Crippen LogP contribution in [-0.2, 0) is 5.75 Å². The number of carbonyl (C=O) groups excluding carboxylic acids is 2. The molecule has 0 spiro atoms. The molecular weight excluding hydrogens is 394 g/mol. The molecule has 1 aliphatic rings. The van der Waals surface area contributed by atoms with E-state index in [1.807, 2.05) is 24.3 Å². The zero-order valence-electron chi connectivity index (χ0n) is 15.1. The minimum atomic E-state index is -0.552. The van der Waals surface area contributed by atoms with Gasteiger partial charge in [-0.3, -0.25) is 9.79 Å². The highest BCUT2D eigenvalue weighted by Gasteiger charge is 2.23. The maximum absolute atomic E-state index is 12.8. The van der Waals surface area contributed by atoms with Gasteiger partial charge < -0.3 is 9.15 Å². The Morgan fingerprint density at radius 1 is 1.18 bits per heavy atom. The summed E-state index contributed by atoms with van der Waals surface area (Å²) in [4.78, 5) is 28.6. The fraction of sp³-hybridized carbons (Fsp3) is 0.190. The van der Waals surface area contributed by atoms with Crippen LogP contribution in [-0.4, -0.2) is 28.4 Å². The molecule has 1 aromatic heterocycles. The van der Waals surface area contributed by atoms with Gasteiger partial charge in [-0.25, -0.2) is 4.79 Å². The zero-order chi connectivity index (χ0) is 19.5. The van der Waals surface area contributed by atoms with Gasteiger partial charge in [-0.05, 0) is 37.3 Å². The summed E-state index contributed by atoms with van der Waals surface area (Å²) >= 11 is 3.34. The highest BCUT2D eigenvalue weighted by atomic mass is 32.2. The molecule has 4 rings (SSSR count). The van der Waals surface area contributed by atoms with Crippen molar-refractivity contribution in [2.24, 2.45) is 4.99 Å². The van der Waals surface area contributed by atoms with Gasteiger partial charge in [0.25, 0.3) is 0 Å². The molecule has 3 aromatic rings. The normalized spacial score (nSPS) is 13.5. The molecule has 2 aromatic carbocycles. The Hall–Kier alpha value is -2.51. The molecule has 0 N–H and O–H groups in total. The number of ketones is 1. The molecule has 0 atom stereocenters. The molecule has 0 aliphatic carbocycles. The monoisotopic (exact) mass is 411 g/mol. The lowest BCUT2D eigenvalue weighted by molar-refractivity contribution is 0.0702. The standard InChI is InChI=1S/C21H17NO4S2/c1-13(23)14-6-8-15(9-7-14)25-20(24)19-17(12-28-21-22-10-11-27-21)16-4-2-3-5-18(16)26-19/h2-9H,10-12H2,1H3. The van der Waals surface area contributed by atoms with Crippen molar-refractivity contribution in [1.29, 1.82) is 0 Å². The summed E-state index contributed by atoms with van der Waals surface area (Å²) in [6.45, 7) is 2.33. The molecular formula is C21H17NO4S2. The number of para-hydroxylation sites is 1. The van der Waals surface area contributed by atoms with Crippen LogP contribution in [0.15, 0.2) is 57.9 Å². The van der Waals surface area contributed by atoms with Crippen LogP contribution >= 0.6 is 23.5 Å². The molecule has 0 saturated heterocycles. The first-order chi connectivity index (χ1) is 13.6. The molecule has 5 nitrogen and oxygen atoms in total. The van der Waals surface area contributed by atoms with Gasteiger partial charge in [-0.1, -0.05) is 41.7 Å². The van der Waals surface area contributed by atoms with E-state index in [4.69, 9.17) is 9.15 Å². The average Bonchev–Trinajstić information content (AvgIpc) is 3.34. The molecule has 1 aliphatic heterocycles. The van der Waals surface area contributed by atoms with Gasteiger partial charge in [0.2, 0.25) is 5.76 Å². The van der Waals surface area contributed by atoms with Crippen molar-refractivity contribution in [1.82, 2.24) is 0 Å². The molecule has 0 saturated carbocycles. The largest absolute Gasteiger partial charge is 0.449 e. The van der Waals surface area contributed by atoms with E-state index in [9.17, 15) is 9.59 Å². The van der Waals surface area contributed by atoms with Crippen molar-refractivity contribution in [3.05, 3.63) is 65.4 Å². The number of rotatable bonds is 5. The van der Waals surface area contributed by atoms with Gasteiger partial charge in [0.15, 0.2) is 5.78 Å². The molecule has 0 unspecified atom stereocenters. The minimum Gasteiger partial charge on any atom is -0.449 e. The molecule has 0 amide bonds. The molecule has 0 bridgehead atoms. The molecule has 28 heavy (non-hydrogen) atoms. The summed E-state index contributed by atoms with van der Waals surface area (Å²) in [6, 6.07) is 14.1. The Morgan fingerprint density at radius 3 is 2.68 bits per heavy atom. The van der Waals surface area contributed by atoms with Crippen LogP contribution < -0.4 is 4.74 Å². The Kier molecular flexibility index (Phi) is 5.54. The number of hydrogen-bond donors (Lipinski definition) is 0. The number of esters is 1.